The van der Waals surface area contributed by atoms with Crippen LogP contribution in [0, 0.1) is 0 Å². The monoisotopic (exact) mass is 176 g/mol. The summed E-state index contributed by atoms with van der Waals surface area (Å²) in [4.78, 5) is 15.8. The molecule has 0 bridgehead atoms. The second-order valence-electron chi connectivity index (χ2n) is 2.64. The molecular weight excluding hydrogens is 168 g/mol. The summed E-state index contributed by atoms with van der Waals surface area (Å²) in [6.45, 7) is -0.0369. The van der Waals surface area contributed by atoms with Gasteiger partial charge in [-0.3, -0.25) is 4.79 Å². The molecule has 0 aliphatic carbocycles. The second kappa shape index (κ2) is 3.26. The standard InChI is InChI=1S/C9H8N2O2/c12-9-6-13-10-5-7-3-1-2-4-8(7)11-9/h1-5H,6H2,(H,11,12)/b10-5-. The number of oxime groups is 1. The zero-order valence-electron chi connectivity index (χ0n) is 6.86. The summed E-state index contributed by atoms with van der Waals surface area (Å²) < 4.78 is 0. The van der Waals surface area contributed by atoms with Crippen molar-refractivity contribution >= 4 is 17.8 Å². The van der Waals surface area contributed by atoms with Gasteiger partial charge in [0.25, 0.3) is 5.91 Å². The highest BCUT2D eigenvalue weighted by atomic mass is 16.6. The number of carbonyl (C=O) groups excluding carboxylic acids is 1. The Morgan fingerprint density at radius 2 is 2.23 bits per heavy atom. The Balaban J connectivity index is 2.41. The van der Waals surface area contributed by atoms with E-state index in [9.17, 15) is 4.79 Å². The van der Waals surface area contributed by atoms with Gasteiger partial charge >= 0.3 is 0 Å². The van der Waals surface area contributed by atoms with Crippen molar-refractivity contribution in [2.24, 2.45) is 5.16 Å². The molecule has 1 aliphatic rings. The minimum Gasteiger partial charge on any atom is -0.386 e. The minimum absolute atomic E-state index is 0.0369. The summed E-state index contributed by atoms with van der Waals surface area (Å²) in [5, 5.41) is 6.34. The lowest BCUT2D eigenvalue weighted by Gasteiger charge is -2.09. The number of carbonyl (C=O) groups is 1. The number of rotatable bonds is 0. The van der Waals surface area contributed by atoms with Crippen LogP contribution in [0.15, 0.2) is 29.4 Å². The number of hydrogen-bond donors (Lipinski definition) is 1. The smallest absolute Gasteiger partial charge is 0.265 e. The third-order valence-corrected chi connectivity index (χ3v) is 1.70. The number of amides is 1. The van der Waals surface area contributed by atoms with Crippen molar-refractivity contribution in [1.29, 1.82) is 0 Å². The molecule has 0 unspecified atom stereocenters. The van der Waals surface area contributed by atoms with E-state index in [1.807, 2.05) is 24.3 Å². The van der Waals surface area contributed by atoms with Crippen molar-refractivity contribution < 1.29 is 9.63 Å². The first-order valence-electron chi connectivity index (χ1n) is 3.90. The zero-order chi connectivity index (χ0) is 9.10. The van der Waals surface area contributed by atoms with Crippen LogP contribution >= 0.6 is 0 Å². The van der Waals surface area contributed by atoms with Crippen molar-refractivity contribution in [1.82, 2.24) is 0 Å². The third-order valence-electron chi connectivity index (χ3n) is 1.70. The molecule has 0 saturated heterocycles. The lowest BCUT2D eigenvalue weighted by atomic mass is 10.2. The van der Waals surface area contributed by atoms with Gasteiger partial charge in [0.2, 0.25) is 0 Å². The van der Waals surface area contributed by atoms with E-state index in [1.54, 1.807) is 6.21 Å². The van der Waals surface area contributed by atoms with E-state index in [2.05, 4.69) is 10.5 Å². The average Bonchev–Trinajstić information content (AvgIpc) is 2.11. The van der Waals surface area contributed by atoms with Crippen LogP contribution in [0.5, 0.6) is 0 Å². The number of benzene rings is 1. The van der Waals surface area contributed by atoms with E-state index in [0.29, 0.717) is 0 Å². The molecule has 13 heavy (non-hydrogen) atoms. The molecule has 0 saturated carbocycles. The molecule has 1 aromatic carbocycles. The molecule has 0 radical (unpaired) electrons. The van der Waals surface area contributed by atoms with Gasteiger partial charge in [-0.1, -0.05) is 23.4 Å². The number of hydrogen-bond acceptors (Lipinski definition) is 3. The number of para-hydroxylation sites is 1. The third kappa shape index (κ3) is 1.66. The highest BCUT2D eigenvalue weighted by Crippen LogP contribution is 2.13. The van der Waals surface area contributed by atoms with Crippen LogP contribution in [0.4, 0.5) is 5.69 Å². The molecule has 0 aromatic heterocycles. The second-order valence-corrected chi connectivity index (χ2v) is 2.64. The van der Waals surface area contributed by atoms with Gasteiger partial charge in [-0.05, 0) is 6.07 Å². The Kier molecular flexibility index (Phi) is 1.96. The van der Waals surface area contributed by atoms with Gasteiger partial charge in [0, 0.05) is 11.3 Å². The molecule has 1 heterocycles. The Bertz CT molecular complexity index is 360. The molecule has 1 aliphatic heterocycles. The van der Waals surface area contributed by atoms with Crippen LogP contribution in [0.1, 0.15) is 5.56 Å². The summed E-state index contributed by atoms with van der Waals surface area (Å²) in [6.07, 6.45) is 1.58. The maximum atomic E-state index is 11.1. The molecule has 1 amide bonds. The predicted octanol–water partition coefficient (Wildman–Crippen LogP) is 0.989. The number of fused-ring (bicyclic) bond motifs is 1. The van der Waals surface area contributed by atoms with Crippen molar-refractivity contribution in [2.75, 3.05) is 11.9 Å². The van der Waals surface area contributed by atoms with Gasteiger partial charge in [0.05, 0.1) is 6.21 Å². The fraction of sp³-hybridized carbons (Fsp3) is 0.111. The van der Waals surface area contributed by atoms with Gasteiger partial charge in [-0.25, -0.2) is 0 Å². The van der Waals surface area contributed by atoms with Crippen LogP contribution in [0.2, 0.25) is 0 Å². The molecule has 1 aromatic rings. The first-order valence-corrected chi connectivity index (χ1v) is 3.90. The average molecular weight is 176 g/mol. The van der Waals surface area contributed by atoms with Gasteiger partial charge in [0.15, 0.2) is 6.61 Å². The van der Waals surface area contributed by atoms with Crippen molar-refractivity contribution in [3.8, 4) is 0 Å². The van der Waals surface area contributed by atoms with Crippen LogP contribution in [0.3, 0.4) is 0 Å². The lowest BCUT2D eigenvalue weighted by molar-refractivity contribution is -0.120. The molecule has 0 fully saturated rings. The van der Waals surface area contributed by atoms with Crippen molar-refractivity contribution in [3.05, 3.63) is 29.8 Å². The van der Waals surface area contributed by atoms with E-state index in [0.717, 1.165) is 11.3 Å². The number of anilines is 1. The largest absolute Gasteiger partial charge is 0.386 e. The van der Waals surface area contributed by atoms with Crippen molar-refractivity contribution in [2.45, 2.75) is 0 Å². The highest BCUT2D eigenvalue weighted by molar-refractivity contribution is 5.98. The molecule has 0 spiro atoms. The van der Waals surface area contributed by atoms with Crippen LogP contribution < -0.4 is 5.32 Å². The summed E-state index contributed by atoms with van der Waals surface area (Å²) in [6, 6.07) is 7.41. The highest BCUT2D eigenvalue weighted by Gasteiger charge is 2.07. The van der Waals surface area contributed by atoms with Crippen LogP contribution in [-0.4, -0.2) is 18.7 Å². The Morgan fingerprint density at radius 1 is 1.38 bits per heavy atom. The molecule has 4 nitrogen and oxygen atoms in total. The van der Waals surface area contributed by atoms with E-state index in [1.165, 1.54) is 0 Å². The summed E-state index contributed by atoms with van der Waals surface area (Å²) in [5.74, 6) is -0.190. The van der Waals surface area contributed by atoms with Gasteiger partial charge in [-0.15, -0.1) is 0 Å². The normalized spacial score (nSPS) is 17.4. The molecular formula is C9H8N2O2. The Labute approximate surface area is 75.2 Å². The summed E-state index contributed by atoms with van der Waals surface area (Å²) in [5.41, 5.74) is 1.61. The Morgan fingerprint density at radius 3 is 3.15 bits per heavy atom. The number of nitrogens with zero attached hydrogens (tertiary/aromatic N) is 1. The molecule has 2 rings (SSSR count). The summed E-state index contributed by atoms with van der Waals surface area (Å²) >= 11 is 0. The molecule has 4 heteroatoms. The van der Waals surface area contributed by atoms with E-state index >= 15 is 0 Å². The zero-order valence-corrected chi connectivity index (χ0v) is 6.86. The lowest BCUT2D eigenvalue weighted by Crippen LogP contribution is -2.19. The first-order chi connectivity index (χ1) is 6.36. The van der Waals surface area contributed by atoms with E-state index in [4.69, 9.17) is 4.84 Å². The van der Waals surface area contributed by atoms with Crippen molar-refractivity contribution in [3.63, 3.8) is 0 Å². The fourth-order valence-corrected chi connectivity index (χ4v) is 1.10. The molecule has 66 valence electrons. The van der Waals surface area contributed by atoms with E-state index < -0.39 is 0 Å². The van der Waals surface area contributed by atoms with Gasteiger partial charge in [-0.2, -0.15) is 0 Å². The SMILES string of the molecule is O=C1CO/N=C\c2ccccc2N1. The quantitative estimate of drug-likeness (QED) is 0.640. The van der Waals surface area contributed by atoms with Crippen LogP contribution in [0.25, 0.3) is 0 Å². The summed E-state index contributed by atoms with van der Waals surface area (Å²) in [7, 11) is 0. The number of nitrogens with one attached hydrogen (secondary N) is 1. The maximum absolute atomic E-state index is 11.1. The first kappa shape index (κ1) is 7.79. The fourth-order valence-electron chi connectivity index (χ4n) is 1.10. The Hall–Kier alpha value is -1.84. The molecule has 1 N–H and O–H groups in total. The molecule has 0 atom stereocenters. The van der Waals surface area contributed by atoms with E-state index in [-0.39, 0.29) is 12.5 Å². The predicted molar refractivity (Wildman–Crippen MR) is 48.6 cm³/mol. The minimum atomic E-state index is -0.190. The van der Waals surface area contributed by atoms with Crippen LogP contribution in [-0.2, 0) is 9.63 Å². The maximum Gasteiger partial charge on any atom is 0.265 e. The topological polar surface area (TPSA) is 50.7 Å². The van der Waals surface area contributed by atoms with Gasteiger partial charge in [0.1, 0.15) is 0 Å². The van der Waals surface area contributed by atoms with Gasteiger partial charge < -0.3 is 10.2 Å².